The summed E-state index contributed by atoms with van der Waals surface area (Å²) in [4.78, 5) is 0. The second-order valence-corrected chi connectivity index (χ2v) is 10.1. The van der Waals surface area contributed by atoms with Crippen molar-refractivity contribution < 1.29 is 0 Å². The number of hydrogen-bond donors (Lipinski definition) is 0. The van der Waals surface area contributed by atoms with E-state index in [-0.39, 0.29) is 0 Å². The Morgan fingerprint density at radius 1 is 0.367 bits per heavy atom. The van der Waals surface area contributed by atoms with Gasteiger partial charge in [-0.25, -0.2) is 0 Å². The predicted octanol–water partition coefficient (Wildman–Crippen LogP) is 11.6. The van der Waals surface area contributed by atoms with Crippen molar-refractivity contribution in [1.82, 2.24) is 0 Å². The summed E-state index contributed by atoms with van der Waals surface area (Å²) >= 11 is 0. The minimum absolute atomic E-state index is 0.915. The van der Waals surface area contributed by atoms with Gasteiger partial charge in [0.1, 0.15) is 0 Å². The van der Waals surface area contributed by atoms with E-state index >= 15 is 0 Å². The van der Waals surface area contributed by atoms with E-state index in [0.717, 1.165) is 5.92 Å². The van der Waals surface area contributed by atoms with E-state index in [0.29, 0.717) is 0 Å². The SMILES string of the molecule is CCCCCCCCCCCCCCCC[CH]C(CCCC)CCCCCCCC. The van der Waals surface area contributed by atoms with Crippen molar-refractivity contribution >= 4 is 0 Å². The minimum atomic E-state index is 0.915. The van der Waals surface area contributed by atoms with Crippen molar-refractivity contribution in [2.24, 2.45) is 5.92 Å². The summed E-state index contributed by atoms with van der Waals surface area (Å²) in [6.07, 6.45) is 39.0. The molecule has 0 heterocycles. The van der Waals surface area contributed by atoms with Crippen LogP contribution in [0.4, 0.5) is 0 Å². The Balaban J connectivity index is 3.41. The molecule has 0 fully saturated rings. The van der Waals surface area contributed by atoms with Crippen LogP contribution in [0.3, 0.4) is 0 Å². The molecule has 30 heavy (non-hydrogen) atoms. The van der Waals surface area contributed by atoms with E-state index in [9.17, 15) is 0 Å². The molecular formula is C30H61. The maximum atomic E-state index is 2.71. The first-order chi connectivity index (χ1) is 14.8. The molecule has 0 spiro atoms. The molecule has 0 saturated heterocycles. The van der Waals surface area contributed by atoms with Gasteiger partial charge in [0.15, 0.2) is 0 Å². The Kier molecular flexibility index (Phi) is 27.0. The molecule has 0 N–H and O–H groups in total. The van der Waals surface area contributed by atoms with Crippen molar-refractivity contribution in [3.05, 3.63) is 6.42 Å². The lowest BCUT2D eigenvalue weighted by atomic mass is 9.90. The zero-order valence-corrected chi connectivity index (χ0v) is 21.8. The summed E-state index contributed by atoms with van der Waals surface area (Å²) in [6, 6.07) is 0. The lowest BCUT2D eigenvalue weighted by molar-refractivity contribution is 0.439. The van der Waals surface area contributed by atoms with Crippen LogP contribution >= 0.6 is 0 Å². The second kappa shape index (κ2) is 27.0. The second-order valence-electron chi connectivity index (χ2n) is 10.1. The van der Waals surface area contributed by atoms with Crippen LogP contribution in [-0.4, -0.2) is 0 Å². The van der Waals surface area contributed by atoms with Crippen LogP contribution in [0.2, 0.25) is 0 Å². The first-order valence-corrected chi connectivity index (χ1v) is 14.7. The molecule has 0 rings (SSSR count). The van der Waals surface area contributed by atoms with Crippen LogP contribution in [0.15, 0.2) is 0 Å². The number of hydrogen-bond acceptors (Lipinski definition) is 0. The quantitative estimate of drug-likeness (QED) is 0.122. The molecule has 0 aromatic heterocycles. The van der Waals surface area contributed by atoms with Gasteiger partial charge in [-0.2, -0.15) is 0 Å². The Hall–Kier alpha value is 0. The van der Waals surface area contributed by atoms with Gasteiger partial charge in [0.05, 0.1) is 0 Å². The molecule has 0 heteroatoms. The molecule has 1 radical (unpaired) electrons. The van der Waals surface area contributed by atoms with Crippen LogP contribution in [-0.2, 0) is 0 Å². The van der Waals surface area contributed by atoms with Crippen molar-refractivity contribution in [2.75, 3.05) is 0 Å². The van der Waals surface area contributed by atoms with Crippen molar-refractivity contribution in [2.45, 2.75) is 181 Å². The highest BCUT2D eigenvalue weighted by molar-refractivity contribution is 4.76. The normalized spacial score (nSPS) is 12.5. The lowest BCUT2D eigenvalue weighted by Crippen LogP contribution is -2.02. The fourth-order valence-corrected chi connectivity index (χ4v) is 4.73. The summed E-state index contributed by atoms with van der Waals surface area (Å²) < 4.78 is 0. The first-order valence-electron chi connectivity index (χ1n) is 14.7. The maximum Gasteiger partial charge on any atom is -0.0355 e. The molecule has 0 amide bonds. The average molecular weight is 422 g/mol. The van der Waals surface area contributed by atoms with Gasteiger partial charge >= 0.3 is 0 Å². The zero-order valence-electron chi connectivity index (χ0n) is 21.8. The van der Waals surface area contributed by atoms with E-state index in [1.807, 2.05) is 0 Å². The van der Waals surface area contributed by atoms with E-state index in [1.54, 1.807) is 0 Å². The summed E-state index contributed by atoms with van der Waals surface area (Å²) in [6.45, 7) is 6.96. The molecule has 0 bridgehead atoms. The van der Waals surface area contributed by atoms with Crippen LogP contribution in [0.1, 0.15) is 181 Å². The van der Waals surface area contributed by atoms with Crippen LogP contribution in [0.5, 0.6) is 0 Å². The number of rotatable bonds is 26. The van der Waals surface area contributed by atoms with Gasteiger partial charge in [0, 0.05) is 0 Å². The van der Waals surface area contributed by atoms with E-state index in [4.69, 9.17) is 0 Å². The molecule has 181 valence electrons. The molecule has 0 nitrogen and oxygen atoms in total. The monoisotopic (exact) mass is 421 g/mol. The summed E-state index contributed by atoms with van der Waals surface area (Å²) in [5.74, 6) is 0.915. The van der Waals surface area contributed by atoms with E-state index in [1.165, 1.54) is 161 Å². The molecule has 0 aliphatic heterocycles. The first kappa shape index (κ1) is 30.0. The molecule has 0 aromatic carbocycles. The van der Waals surface area contributed by atoms with E-state index < -0.39 is 0 Å². The van der Waals surface area contributed by atoms with Gasteiger partial charge in [-0.15, -0.1) is 0 Å². The van der Waals surface area contributed by atoms with Gasteiger partial charge in [0.25, 0.3) is 0 Å². The standard InChI is InChI=1S/C30H61/c1-4-7-10-12-14-15-16-17-18-19-20-21-22-24-26-29-30(27-9-6-3)28-25-23-13-11-8-5-2/h29-30H,4-28H2,1-3H3. The molecule has 0 saturated carbocycles. The van der Waals surface area contributed by atoms with Crippen LogP contribution < -0.4 is 0 Å². The van der Waals surface area contributed by atoms with Crippen molar-refractivity contribution in [1.29, 1.82) is 0 Å². The highest BCUT2D eigenvalue weighted by atomic mass is 14.1. The van der Waals surface area contributed by atoms with Gasteiger partial charge in [-0.05, 0) is 18.8 Å². The van der Waals surface area contributed by atoms with Crippen LogP contribution in [0.25, 0.3) is 0 Å². The van der Waals surface area contributed by atoms with E-state index in [2.05, 4.69) is 27.2 Å². The largest absolute Gasteiger partial charge is 0.0654 e. The third-order valence-corrected chi connectivity index (χ3v) is 6.91. The molecule has 0 aliphatic carbocycles. The zero-order chi connectivity index (χ0) is 22.0. The summed E-state index contributed by atoms with van der Waals surface area (Å²) in [5.41, 5.74) is 0. The average Bonchev–Trinajstić information content (AvgIpc) is 2.76. The number of unbranched alkanes of at least 4 members (excludes halogenated alkanes) is 20. The molecule has 0 aliphatic rings. The molecule has 0 aromatic rings. The molecule has 1 unspecified atom stereocenters. The van der Waals surface area contributed by atoms with Gasteiger partial charge < -0.3 is 0 Å². The van der Waals surface area contributed by atoms with Crippen molar-refractivity contribution in [3.8, 4) is 0 Å². The fourth-order valence-electron chi connectivity index (χ4n) is 4.73. The highest BCUT2D eigenvalue weighted by Crippen LogP contribution is 2.23. The van der Waals surface area contributed by atoms with Gasteiger partial charge in [-0.3, -0.25) is 0 Å². The summed E-state index contributed by atoms with van der Waals surface area (Å²) in [7, 11) is 0. The Morgan fingerprint density at radius 3 is 1.13 bits per heavy atom. The molecule has 1 atom stereocenters. The molecular weight excluding hydrogens is 360 g/mol. The lowest BCUT2D eigenvalue weighted by Gasteiger charge is -2.16. The summed E-state index contributed by atoms with van der Waals surface area (Å²) in [5, 5.41) is 0. The Morgan fingerprint density at radius 2 is 0.700 bits per heavy atom. The van der Waals surface area contributed by atoms with Crippen LogP contribution in [0, 0.1) is 12.3 Å². The Bertz CT molecular complexity index is 282. The smallest absolute Gasteiger partial charge is 0.0355 e. The maximum absolute atomic E-state index is 2.71. The third-order valence-electron chi connectivity index (χ3n) is 6.91. The topological polar surface area (TPSA) is 0 Å². The fraction of sp³-hybridized carbons (Fsp3) is 0.967. The highest BCUT2D eigenvalue weighted by Gasteiger charge is 2.08. The van der Waals surface area contributed by atoms with Gasteiger partial charge in [-0.1, -0.05) is 175 Å². The van der Waals surface area contributed by atoms with Gasteiger partial charge in [0.2, 0.25) is 0 Å². The predicted molar refractivity (Wildman–Crippen MR) is 140 cm³/mol. The Labute approximate surface area is 193 Å². The van der Waals surface area contributed by atoms with Crippen molar-refractivity contribution in [3.63, 3.8) is 0 Å². The minimum Gasteiger partial charge on any atom is -0.0654 e. The third kappa shape index (κ3) is 24.3.